The maximum Gasteiger partial charge on any atom is 0.317 e. The molecule has 0 aliphatic carbocycles. The van der Waals surface area contributed by atoms with Crippen molar-refractivity contribution in [3.05, 3.63) is 29.3 Å². The van der Waals surface area contributed by atoms with E-state index in [0.29, 0.717) is 19.4 Å². The highest BCUT2D eigenvalue weighted by atomic mass is 32.1. The van der Waals surface area contributed by atoms with E-state index in [9.17, 15) is 9.59 Å². The summed E-state index contributed by atoms with van der Waals surface area (Å²) in [5, 5.41) is 4.01. The highest BCUT2D eigenvalue weighted by molar-refractivity contribution is 7.18. The Morgan fingerprint density at radius 3 is 2.96 bits per heavy atom. The number of urea groups is 1. The number of hydrogen-bond donors (Lipinski definition) is 1. The van der Waals surface area contributed by atoms with Gasteiger partial charge < -0.3 is 15.0 Å². The lowest BCUT2D eigenvalue weighted by Gasteiger charge is -2.34. The van der Waals surface area contributed by atoms with Crippen molar-refractivity contribution < 1.29 is 14.3 Å². The van der Waals surface area contributed by atoms with Gasteiger partial charge in [0.05, 0.1) is 23.4 Å². The molecule has 1 aliphatic rings. The van der Waals surface area contributed by atoms with Crippen LogP contribution in [0.1, 0.15) is 49.6 Å². The Balaban J connectivity index is 1.57. The first-order chi connectivity index (χ1) is 12.7. The van der Waals surface area contributed by atoms with Gasteiger partial charge in [0.1, 0.15) is 5.01 Å². The van der Waals surface area contributed by atoms with Gasteiger partial charge in [-0.25, -0.2) is 9.78 Å². The molecule has 1 unspecified atom stereocenters. The zero-order chi connectivity index (χ0) is 18.4. The number of rotatable bonds is 6. The van der Waals surface area contributed by atoms with E-state index in [1.54, 1.807) is 11.3 Å². The third-order valence-electron chi connectivity index (χ3n) is 4.67. The van der Waals surface area contributed by atoms with E-state index in [1.165, 1.54) is 7.11 Å². The summed E-state index contributed by atoms with van der Waals surface area (Å²) in [5.74, 6) is -0.205. The van der Waals surface area contributed by atoms with Crippen molar-refractivity contribution in [2.24, 2.45) is 0 Å². The summed E-state index contributed by atoms with van der Waals surface area (Å²) in [4.78, 5) is 30.4. The number of likely N-dealkylation sites (tertiary alicyclic amines) is 1. The van der Waals surface area contributed by atoms with Crippen molar-refractivity contribution >= 4 is 33.6 Å². The number of carbonyl (C=O) groups excluding carboxylic acids is 2. The normalized spacial score (nSPS) is 17.3. The number of carbonyl (C=O) groups is 2. The van der Waals surface area contributed by atoms with Gasteiger partial charge >= 0.3 is 12.0 Å². The number of aromatic nitrogens is 1. The molecule has 1 aromatic carbocycles. The summed E-state index contributed by atoms with van der Waals surface area (Å²) >= 11 is 1.68. The van der Waals surface area contributed by atoms with Crippen molar-refractivity contribution in [2.45, 2.75) is 44.6 Å². The largest absolute Gasteiger partial charge is 0.469 e. The number of nitrogens with one attached hydrogen (secondary N) is 1. The molecule has 0 saturated carbocycles. The van der Waals surface area contributed by atoms with Crippen LogP contribution in [0.15, 0.2) is 24.3 Å². The van der Waals surface area contributed by atoms with Crippen molar-refractivity contribution in [3.8, 4) is 0 Å². The number of nitrogens with zero attached hydrogens (tertiary/aromatic N) is 2. The maximum atomic E-state index is 12.7. The average Bonchev–Trinajstić information content (AvgIpc) is 3.11. The first-order valence-electron chi connectivity index (χ1n) is 9.16. The summed E-state index contributed by atoms with van der Waals surface area (Å²) in [6, 6.07) is 8.12. The van der Waals surface area contributed by atoms with E-state index in [2.05, 4.69) is 16.1 Å². The standard InChI is InChI=1S/C19H25N3O3S/c1-25-17(23)11-4-6-12-20-19(24)22-13-7-5-9-15(22)18-21-14-8-2-3-10-16(14)26-18/h2-3,8,10,15H,4-7,9,11-13H2,1H3,(H,20,24). The number of fused-ring (bicyclic) bond motifs is 1. The Hall–Kier alpha value is -2.15. The summed E-state index contributed by atoms with van der Waals surface area (Å²) in [7, 11) is 1.39. The summed E-state index contributed by atoms with van der Waals surface area (Å²) in [5.41, 5.74) is 1.00. The molecule has 1 fully saturated rings. The average molecular weight is 375 g/mol. The highest BCUT2D eigenvalue weighted by Gasteiger charge is 2.30. The number of unbranched alkanes of at least 4 members (excludes halogenated alkanes) is 1. The Bertz CT molecular complexity index is 728. The summed E-state index contributed by atoms with van der Waals surface area (Å²) in [6.07, 6.45) is 4.97. The fourth-order valence-electron chi connectivity index (χ4n) is 3.26. The minimum atomic E-state index is -0.205. The first-order valence-corrected chi connectivity index (χ1v) is 9.97. The SMILES string of the molecule is COC(=O)CCCCNC(=O)N1CCCCC1c1nc2ccccc2s1. The van der Waals surface area contributed by atoms with Gasteiger partial charge in [-0.2, -0.15) is 0 Å². The molecule has 1 aliphatic heterocycles. The molecule has 7 heteroatoms. The fraction of sp³-hybridized carbons (Fsp3) is 0.526. The van der Waals surface area contributed by atoms with Crippen LogP contribution in [0.4, 0.5) is 4.79 Å². The first kappa shape index (κ1) is 18.6. The highest BCUT2D eigenvalue weighted by Crippen LogP contribution is 2.35. The van der Waals surface area contributed by atoms with Gasteiger partial charge in [0.15, 0.2) is 0 Å². The van der Waals surface area contributed by atoms with Gasteiger partial charge in [0.25, 0.3) is 0 Å². The number of methoxy groups -OCH3 is 1. The molecular weight excluding hydrogens is 350 g/mol. The van der Waals surface area contributed by atoms with Crippen molar-refractivity contribution in [2.75, 3.05) is 20.2 Å². The third-order valence-corrected chi connectivity index (χ3v) is 5.81. The molecule has 0 spiro atoms. The number of hydrogen-bond acceptors (Lipinski definition) is 5. The Morgan fingerprint density at radius 2 is 2.15 bits per heavy atom. The van der Waals surface area contributed by atoms with Crippen molar-refractivity contribution in [1.29, 1.82) is 0 Å². The van der Waals surface area contributed by atoms with Gasteiger partial charge in [0, 0.05) is 19.5 Å². The summed E-state index contributed by atoms with van der Waals surface area (Å²) < 4.78 is 5.78. The third kappa shape index (κ3) is 4.52. The van der Waals surface area contributed by atoms with E-state index in [-0.39, 0.29) is 18.0 Å². The Labute approximate surface area is 157 Å². The van der Waals surface area contributed by atoms with Gasteiger partial charge in [-0.15, -0.1) is 11.3 Å². The zero-order valence-electron chi connectivity index (χ0n) is 15.1. The minimum absolute atomic E-state index is 0.0352. The molecule has 1 atom stereocenters. The molecule has 1 N–H and O–H groups in total. The van der Waals surface area contributed by atoms with E-state index in [4.69, 9.17) is 4.98 Å². The predicted molar refractivity (Wildman–Crippen MR) is 102 cm³/mol. The lowest BCUT2D eigenvalue weighted by molar-refractivity contribution is -0.140. The van der Waals surface area contributed by atoms with Crippen LogP contribution in [0.25, 0.3) is 10.2 Å². The monoisotopic (exact) mass is 375 g/mol. The van der Waals surface area contributed by atoms with E-state index in [1.807, 2.05) is 23.1 Å². The second-order valence-electron chi connectivity index (χ2n) is 6.49. The van der Waals surface area contributed by atoms with Crippen LogP contribution in [0.5, 0.6) is 0 Å². The predicted octanol–water partition coefficient (Wildman–Crippen LogP) is 3.88. The second kappa shape index (κ2) is 8.98. The molecule has 2 aromatic rings. The van der Waals surface area contributed by atoms with E-state index < -0.39 is 0 Å². The molecule has 0 bridgehead atoms. The van der Waals surface area contributed by atoms with Crippen LogP contribution in [-0.2, 0) is 9.53 Å². The van der Waals surface area contributed by atoms with Crippen LogP contribution in [0.3, 0.4) is 0 Å². The van der Waals surface area contributed by atoms with Crippen LogP contribution in [0, 0.1) is 0 Å². The molecule has 2 amide bonds. The Kier molecular flexibility index (Phi) is 6.44. The van der Waals surface area contributed by atoms with Crippen LogP contribution in [-0.4, -0.2) is 42.1 Å². The molecule has 2 heterocycles. The van der Waals surface area contributed by atoms with E-state index in [0.717, 1.165) is 47.5 Å². The number of amides is 2. The maximum absolute atomic E-state index is 12.7. The molecule has 0 radical (unpaired) electrons. The number of para-hydroxylation sites is 1. The van der Waals surface area contributed by atoms with Gasteiger partial charge in [-0.05, 0) is 44.2 Å². The molecule has 3 rings (SSSR count). The van der Waals surface area contributed by atoms with E-state index >= 15 is 0 Å². The molecule has 26 heavy (non-hydrogen) atoms. The van der Waals surface area contributed by atoms with Crippen LogP contribution >= 0.6 is 11.3 Å². The number of ether oxygens (including phenoxy) is 1. The topological polar surface area (TPSA) is 71.5 Å². The quantitative estimate of drug-likeness (QED) is 0.614. The lowest BCUT2D eigenvalue weighted by Crippen LogP contribution is -2.44. The second-order valence-corrected chi connectivity index (χ2v) is 7.55. The number of piperidine rings is 1. The molecule has 1 aromatic heterocycles. The van der Waals surface area contributed by atoms with Gasteiger partial charge in [0.2, 0.25) is 0 Å². The fourth-order valence-corrected chi connectivity index (χ4v) is 4.37. The molecule has 140 valence electrons. The number of thiazole rings is 1. The van der Waals surface area contributed by atoms with Crippen LogP contribution in [0.2, 0.25) is 0 Å². The lowest BCUT2D eigenvalue weighted by atomic mass is 10.0. The molecule has 6 nitrogen and oxygen atoms in total. The Morgan fingerprint density at radius 1 is 1.31 bits per heavy atom. The van der Waals surface area contributed by atoms with Crippen molar-refractivity contribution in [3.63, 3.8) is 0 Å². The minimum Gasteiger partial charge on any atom is -0.469 e. The van der Waals surface area contributed by atoms with Crippen LogP contribution < -0.4 is 5.32 Å². The number of benzene rings is 1. The zero-order valence-corrected chi connectivity index (χ0v) is 15.9. The molecular formula is C19H25N3O3S. The van der Waals surface area contributed by atoms with Crippen molar-refractivity contribution in [1.82, 2.24) is 15.2 Å². The molecule has 1 saturated heterocycles. The van der Waals surface area contributed by atoms with Gasteiger partial charge in [-0.3, -0.25) is 4.79 Å². The number of esters is 1. The summed E-state index contributed by atoms with van der Waals surface area (Å²) in [6.45, 7) is 1.33. The smallest absolute Gasteiger partial charge is 0.317 e. The van der Waals surface area contributed by atoms with Gasteiger partial charge in [-0.1, -0.05) is 12.1 Å².